The Morgan fingerprint density at radius 3 is 2.09 bits per heavy atom. The molecule has 1 aliphatic carbocycles. The third-order valence-corrected chi connectivity index (χ3v) is 5.34. The minimum absolute atomic E-state index is 0.0131. The molecule has 4 rings (SSSR count). The van der Waals surface area contributed by atoms with Crippen LogP contribution >= 0.6 is 0 Å². The lowest BCUT2D eigenvalue weighted by atomic mass is 9.98. The van der Waals surface area contributed by atoms with Crippen LogP contribution in [-0.2, 0) is 4.74 Å². The Morgan fingerprint density at radius 2 is 1.50 bits per heavy atom. The highest BCUT2D eigenvalue weighted by atomic mass is 19.4. The molecule has 0 heterocycles. The monoisotopic (exact) mass is 443 g/mol. The molecule has 0 aliphatic heterocycles. The molecule has 0 fully saturated rings. The van der Waals surface area contributed by atoms with Crippen molar-refractivity contribution in [3.8, 4) is 16.9 Å². The van der Waals surface area contributed by atoms with E-state index >= 15 is 0 Å². The molecule has 1 amide bonds. The molecule has 0 bridgehead atoms. The minimum atomic E-state index is -4.90. The number of para-hydroxylation sites is 1. The average molecular weight is 443 g/mol. The van der Waals surface area contributed by atoms with Crippen LogP contribution in [0.2, 0.25) is 0 Å². The molecule has 0 spiro atoms. The number of alkyl halides is 3. The van der Waals surface area contributed by atoms with Crippen molar-refractivity contribution in [3.05, 3.63) is 89.5 Å². The number of nitrogens with one attached hydrogen (secondary N) is 1. The number of carbonyl (C=O) groups excluding carboxylic acids is 1. The summed E-state index contributed by atoms with van der Waals surface area (Å²) in [4.78, 5) is 12.5. The molecule has 1 atom stereocenters. The molecule has 5 nitrogen and oxygen atoms in total. The van der Waals surface area contributed by atoms with Gasteiger partial charge in [0.1, 0.15) is 12.4 Å². The Hall–Kier alpha value is -3.52. The number of carbonyl (C=O) groups is 1. The quantitative estimate of drug-likeness (QED) is 0.553. The standard InChI is InChI=1S/C24H20F3NO4/c25-24(26,27)32-22-12-6-5-11-19(22)21(13-29)28-23(30)31-14-20-17-9-3-1-7-15(17)16-8-2-4-10-18(16)20/h1-12,20-21,29H,13-14H2,(H,28,30). The molecule has 3 aromatic rings. The van der Waals surface area contributed by atoms with Gasteiger partial charge in [-0.15, -0.1) is 13.2 Å². The molecule has 1 aliphatic rings. The van der Waals surface area contributed by atoms with E-state index in [4.69, 9.17) is 4.74 Å². The molecule has 8 heteroatoms. The van der Waals surface area contributed by atoms with Crippen LogP contribution in [0, 0.1) is 0 Å². The van der Waals surface area contributed by atoms with E-state index in [1.807, 2.05) is 48.5 Å². The maximum Gasteiger partial charge on any atom is 0.573 e. The van der Waals surface area contributed by atoms with Crippen molar-refractivity contribution in [2.24, 2.45) is 0 Å². The number of alkyl carbamates (subject to hydrolysis) is 1. The molecule has 2 N–H and O–H groups in total. The van der Waals surface area contributed by atoms with Crippen molar-refractivity contribution in [1.29, 1.82) is 0 Å². The second-order valence-corrected chi connectivity index (χ2v) is 7.29. The van der Waals surface area contributed by atoms with E-state index in [1.165, 1.54) is 18.2 Å². The van der Waals surface area contributed by atoms with Gasteiger partial charge in [-0.3, -0.25) is 0 Å². The van der Waals surface area contributed by atoms with E-state index in [2.05, 4.69) is 10.1 Å². The summed E-state index contributed by atoms with van der Waals surface area (Å²) in [6.45, 7) is -0.596. The van der Waals surface area contributed by atoms with Crippen LogP contribution in [0.4, 0.5) is 18.0 Å². The molecular weight excluding hydrogens is 423 g/mol. The van der Waals surface area contributed by atoms with Crippen LogP contribution in [0.5, 0.6) is 5.75 Å². The van der Waals surface area contributed by atoms with E-state index in [9.17, 15) is 23.1 Å². The molecule has 0 saturated heterocycles. The number of aliphatic hydroxyl groups excluding tert-OH is 1. The van der Waals surface area contributed by atoms with Crippen molar-refractivity contribution in [3.63, 3.8) is 0 Å². The lowest BCUT2D eigenvalue weighted by molar-refractivity contribution is -0.275. The van der Waals surface area contributed by atoms with Crippen LogP contribution < -0.4 is 10.1 Å². The first-order chi connectivity index (χ1) is 15.4. The summed E-state index contributed by atoms with van der Waals surface area (Å²) in [6.07, 6.45) is -5.76. The Balaban J connectivity index is 1.47. The lowest BCUT2D eigenvalue weighted by Crippen LogP contribution is -2.33. The van der Waals surface area contributed by atoms with Gasteiger partial charge >= 0.3 is 12.5 Å². The molecular formula is C24H20F3NO4. The van der Waals surface area contributed by atoms with Gasteiger partial charge in [-0.2, -0.15) is 0 Å². The maximum atomic E-state index is 12.7. The normalized spacial score (nSPS) is 13.8. The van der Waals surface area contributed by atoms with Gasteiger partial charge in [0.05, 0.1) is 12.6 Å². The Labute approximate surface area is 182 Å². The van der Waals surface area contributed by atoms with E-state index < -0.39 is 30.9 Å². The maximum absolute atomic E-state index is 12.7. The smallest absolute Gasteiger partial charge is 0.449 e. The fourth-order valence-electron chi connectivity index (χ4n) is 3.99. The first-order valence-corrected chi connectivity index (χ1v) is 9.94. The number of halogens is 3. The van der Waals surface area contributed by atoms with Crippen molar-refractivity contribution in [2.45, 2.75) is 18.3 Å². The summed E-state index contributed by atoms with van der Waals surface area (Å²) >= 11 is 0. The van der Waals surface area contributed by atoms with E-state index in [1.54, 1.807) is 0 Å². The Kier molecular flexibility index (Phi) is 6.05. The lowest BCUT2D eigenvalue weighted by Gasteiger charge is -2.21. The van der Waals surface area contributed by atoms with Gasteiger partial charge in [0, 0.05) is 11.5 Å². The van der Waals surface area contributed by atoms with E-state index in [0.29, 0.717) is 0 Å². The zero-order valence-corrected chi connectivity index (χ0v) is 16.8. The molecule has 0 aromatic heterocycles. The molecule has 3 aromatic carbocycles. The zero-order valence-electron chi connectivity index (χ0n) is 16.8. The highest BCUT2D eigenvalue weighted by molar-refractivity contribution is 5.79. The molecule has 1 unspecified atom stereocenters. The van der Waals surface area contributed by atoms with E-state index in [-0.39, 0.29) is 18.1 Å². The number of hydrogen-bond acceptors (Lipinski definition) is 4. The summed E-state index contributed by atoms with van der Waals surface area (Å²) in [7, 11) is 0. The molecule has 166 valence electrons. The van der Waals surface area contributed by atoms with Gasteiger partial charge in [0.15, 0.2) is 0 Å². The third kappa shape index (κ3) is 4.55. The fraction of sp³-hybridized carbons (Fsp3) is 0.208. The average Bonchev–Trinajstić information content (AvgIpc) is 3.09. The number of rotatable bonds is 6. The topological polar surface area (TPSA) is 67.8 Å². The molecule has 0 saturated carbocycles. The summed E-state index contributed by atoms with van der Waals surface area (Å²) < 4.78 is 47.5. The number of aliphatic hydroxyl groups is 1. The van der Waals surface area contributed by atoms with Crippen LogP contribution in [0.15, 0.2) is 72.8 Å². The largest absolute Gasteiger partial charge is 0.573 e. The van der Waals surface area contributed by atoms with Gasteiger partial charge in [-0.25, -0.2) is 4.79 Å². The van der Waals surface area contributed by atoms with Crippen LogP contribution in [0.25, 0.3) is 11.1 Å². The Morgan fingerprint density at radius 1 is 0.938 bits per heavy atom. The van der Waals surface area contributed by atoms with Gasteiger partial charge < -0.3 is 19.9 Å². The number of benzene rings is 3. The van der Waals surface area contributed by atoms with Gasteiger partial charge in [-0.05, 0) is 28.3 Å². The third-order valence-electron chi connectivity index (χ3n) is 5.34. The van der Waals surface area contributed by atoms with Crippen molar-refractivity contribution < 1.29 is 32.5 Å². The number of fused-ring (bicyclic) bond motifs is 3. The van der Waals surface area contributed by atoms with Crippen molar-refractivity contribution in [1.82, 2.24) is 5.32 Å². The van der Waals surface area contributed by atoms with Gasteiger partial charge in [-0.1, -0.05) is 66.7 Å². The first-order valence-electron chi connectivity index (χ1n) is 9.94. The van der Waals surface area contributed by atoms with Gasteiger partial charge in [0.2, 0.25) is 0 Å². The van der Waals surface area contributed by atoms with Crippen LogP contribution in [0.1, 0.15) is 28.7 Å². The highest BCUT2D eigenvalue weighted by Crippen LogP contribution is 2.44. The van der Waals surface area contributed by atoms with E-state index in [0.717, 1.165) is 28.3 Å². The predicted octanol–water partition coefficient (Wildman–Crippen LogP) is 5.16. The second kappa shape index (κ2) is 8.92. The molecule has 32 heavy (non-hydrogen) atoms. The van der Waals surface area contributed by atoms with Crippen molar-refractivity contribution in [2.75, 3.05) is 13.2 Å². The summed E-state index contributed by atoms with van der Waals surface area (Å²) in [6, 6.07) is 19.9. The minimum Gasteiger partial charge on any atom is -0.449 e. The van der Waals surface area contributed by atoms with Gasteiger partial charge in [0.25, 0.3) is 0 Å². The second-order valence-electron chi connectivity index (χ2n) is 7.29. The van der Waals surface area contributed by atoms with Crippen LogP contribution in [-0.4, -0.2) is 30.8 Å². The number of amides is 1. The SMILES string of the molecule is O=C(NC(CO)c1ccccc1OC(F)(F)F)OCC1c2ccccc2-c2ccccc21. The van der Waals surface area contributed by atoms with Crippen LogP contribution in [0.3, 0.4) is 0 Å². The Bertz CT molecular complexity index is 1070. The summed E-state index contributed by atoms with van der Waals surface area (Å²) in [5.41, 5.74) is 4.20. The molecule has 0 radical (unpaired) electrons. The number of hydrogen-bond donors (Lipinski definition) is 2. The number of ether oxygens (including phenoxy) is 2. The highest BCUT2D eigenvalue weighted by Gasteiger charge is 2.33. The van der Waals surface area contributed by atoms with Crippen molar-refractivity contribution >= 4 is 6.09 Å². The summed E-state index contributed by atoms with van der Waals surface area (Å²) in [5, 5.41) is 12.1. The fourth-order valence-corrected chi connectivity index (χ4v) is 3.99. The summed E-state index contributed by atoms with van der Waals surface area (Å²) in [5.74, 6) is -0.667. The predicted molar refractivity (Wildman–Crippen MR) is 111 cm³/mol. The zero-order chi connectivity index (χ0) is 22.7. The first kappa shape index (κ1) is 21.7.